The first-order valence-corrected chi connectivity index (χ1v) is 9.81. The zero-order valence-corrected chi connectivity index (χ0v) is 14.9. The predicted octanol–water partition coefficient (Wildman–Crippen LogP) is 4.78. The highest BCUT2D eigenvalue weighted by molar-refractivity contribution is 6.60. The summed E-state index contributed by atoms with van der Waals surface area (Å²) >= 11 is 0. The van der Waals surface area contributed by atoms with E-state index in [2.05, 4.69) is 27.7 Å². The first-order chi connectivity index (χ1) is 9.07. The van der Waals surface area contributed by atoms with Crippen LogP contribution in [0, 0.1) is 0 Å². The van der Waals surface area contributed by atoms with Gasteiger partial charge in [0.05, 0.1) is 5.60 Å². The highest BCUT2D eigenvalue weighted by Crippen LogP contribution is 2.34. The highest BCUT2D eigenvalue weighted by Gasteiger charge is 2.45. The Morgan fingerprint density at radius 2 is 1.37 bits per heavy atom. The van der Waals surface area contributed by atoms with Gasteiger partial charge in [-0.25, -0.2) is 0 Å². The van der Waals surface area contributed by atoms with Crippen LogP contribution in [0.1, 0.15) is 72.6 Å². The van der Waals surface area contributed by atoms with E-state index in [9.17, 15) is 0 Å². The Hall–Kier alpha value is 0.0969. The second kappa shape index (κ2) is 9.92. The van der Waals surface area contributed by atoms with Crippen LogP contribution in [0.4, 0.5) is 0 Å². The molecule has 0 rings (SSSR count). The van der Waals surface area contributed by atoms with Crippen LogP contribution in [0.2, 0.25) is 6.04 Å². The molecule has 0 aliphatic rings. The van der Waals surface area contributed by atoms with E-state index in [1.165, 1.54) is 0 Å². The Balaban J connectivity index is 4.99. The molecule has 0 unspecified atom stereocenters. The molecular formula is C15H34O3Si. The summed E-state index contributed by atoms with van der Waals surface area (Å²) in [6, 6.07) is 0.922. The van der Waals surface area contributed by atoms with Crippen LogP contribution in [0.3, 0.4) is 0 Å². The maximum absolute atomic E-state index is 6.55. The van der Waals surface area contributed by atoms with E-state index in [1.54, 1.807) is 14.2 Å². The van der Waals surface area contributed by atoms with Crippen molar-refractivity contribution in [2.24, 2.45) is 0 Å². The molecule has 0 radical (unpaired) electrons. The van der Waals surface area contributed by atoms with Gasteiger partial charge < -0.3 is 13.3 Å². The summed E-state index contributed by atoms with van der Waals surface area (Å²) in [5.74, 6) is 0. The van der Waals surface area contributed by atoms with Gasteiger partial charge in [0.2, 0.25) is 0 Å². The van der Waals surface area contributed by atoms with Crippen molar-refractivity contribution >= 4 is 8.80 Å². The predicted molar refractivity (Wildman–Crippen MR) is 83.4 cm³/mol. The maximum Gasteiger partial charge on any atom is 0.500 e. The van der Waals surface area contributed by atoms with Crippen molar-refractivity contribution in [2.75, 3.05) is 14.2 Å². The SMILES string of the molecule is CCCC[Si](OC)(OC)OC(CC)(CCC)CCC. The molecule has 0 saturated heterocycles. The van der Waals surface area contributed by atoms with E-state index in [0.717, 1.165) is 51.0 Å². The van der Waals surface area contributed by atoms with Crippen molar-refractivity contribution in [3.05, 3.63) is 0 Å². The Bertz CT molecular complexity index is 211. The quantitative estimate of drug-likeness (QED) is 0.484. The van der Waals surface area contributed by atoms with Crippen molar-refractivity contribution in [3.8, 4) is 0 Å². The number of unbranched alkanes of at least 4 members (excludes halogenated alkanes) is 1. The Labute approximate surface area is 121 Å². The normalized spacial score (nSPS) is 12.9. The molecule has 0 heterocycles. The van der Waals surface area contributed by atoms with Gasteiger partial charge in [-0.1, -0.05) is 47.0 Å². The maximum atomic E-state index is 6.55. The molecule has 19 heavy (non-hydrogen) atoms. The lowest BCUT2D eigenvalue weighted by molar-refractivity contribution is -0.0325. The van der Waals surface area contributed by atoms with Crippen molar-refractivity contribution in [2.45, 2.75) is 84.3 Å². The van der Waals surface area contributed by atoms with Crippen molar-refractivity contribution in [1.29, 1.82) is 0 Å². The third kappa shape index (κ3) is 5.94. The van der Waals surface area contributed by atoms with Gasteiger partial charge in [-0.3, -0.25) is 0 Å². The number of hydrogen-bond acceptors (Lipinski definition) is 3. The van der Waals surface area contributed by atoms with Crippen LogP contribution in [0.5, 0.6) is 0 Å². The Morgan fingerprint density at radius 1 is 0.842 bits per heavy atom. The minimum Gasteiger partial charge on any atom is -0.377 e. The first kappa shape index (κ1) is 19.1. The largest absolute Gasteiger partial charge is 0.500 e. The van der Waals surface area contributed by atoms with E-state index in [4.69, 9.17) is 13.3 Å². The molecule has 0 aliphatic carbocycles. The topological polar surface area (TPSA) is 27.7 Å². The fourth-order valence-corrected chi connectivity index (χ4v) is 5.35. The van der Waals surface area contributed by atoms with Crippen LogP contribution >= 0.6 is 0 Å². The monoisotopic (exact) mass is 290 g/mol. The van der Waals surface area contributed by atoms with Gasteiger partial charge in [-0.2, -0.15) is 0 Å². The van der Waals surface area contributed by atoms with Crippen molar-refractivity contribution in [1.82, 2.24) is 0 Å². The van der Waals surface area contributed by atoms with Crippen LogP contribution in [0.25, 0.3) is 0 Å². The smallest absolute Gasteiger partial charge is 0.377 e. The molecule has 0 spiro atoms. The molecular weight excluding hydrogens is 256 g/mol. The minimum atomic E-state index is -2.50. The second-order valence-electron chi connectivity index (χ2n) is 5.33. The number of rotatable bonds is 12. The first-order valence-electron chi connectivity index (χ1n) is 7.88. The van der Waals surface area contributed by atoms with Crippen LogP contribution < -0.4 is 0 Å². The molecule has 0 N–H and O–H groups in total. The lowest BCUT2D eigenvalue weighted by Gasteiger charge is -2.40. The molecule has 0 amide bonds. The standard InChI is InChI=1S/C15H34O3Si/c1-7-11-14-19(16-5,17-6)18-15(10-4,12-8-2)13-9-3/h7-14H2,1-6H3. The van der Waals surface area contributed by atoms with Crippen LogP contribution in [-0.2, 0) is 13.3 Å². The molecule has 0 aliphatic heterocycles. The summed E-state index contributed by atoms with van der Waals surface area (Å²) in [6.07, 6.45) is 7.73. The van der Waals surface area contributed by atoms with E-state index < -0.39 is 8.80 Å². The molecule has 3 nitrogen and oxygen atoms in total. The molecule has 0 bridgehead atoms. The summed E-state index contributed by atoms with van der Waals surface area (Å²) in [4.78, 5) is 0. The van der Waals surface area contributed by atoms with Gasteiger partial charge in [0.1, 0.15) is 0 Å². The van der Waals surface area contributed by atoms with E-state index in [0.29, 0.717) is 0 Å². The number of hydrogen-bond donors (Lipinski definition) is 0. The van der Waals surface area contributed by atoms with E-state index in [1.807, 2.05) is 0 Å². The lowest BCUT2D eigenvalue weighted by Crippen LogP contribution is -2.51. The molecule has 0 aromatic carbocycles. The minimum absolute atomic E-state index is 0.0600. The molecule has 116 valence electrons. The van der Waals surface area contributed by atoms with Crippen LogP contribution in [0.15, 0.2) is 0 Å². The summed E-state index contributed by atoms with van der Waals surface area (Å²) in [5, 5.41) is 0. The van der Waals surface area contributed by atoms with E-state index in [-0.39, 0.29) is 5.60 Å². The van der Waals surface area contributed by atoms with Gasteiger partial charge in [0.15, 0.2) is 0 Å². The highest BCUT2D eigenvalue weighted by atomic mass is 28.4. The summed E-state index contributed by atoms with van der Waals surface area (Å²) in [5.41, 5.74) is -0.0600. The Morgan fingerprint density at radius 3 is 1.68 bits per heavy atom. The molecule has 0 aromatic rings. The average molecular weight is 291 g/mol. The third-order valence-electron chi connectivity index (χ3n) is 3.89. The fourth-order valence-electron chi connectivity index (χ4n) is 2.71. The van der Waals surface area contributed by atoms with Crippen LogP contribution in [-0.4, -0.2) is 28.6 Å². The molecule has 0 saturated carbocycles. The second-order valence-corrected chi connectivity index (χ2v) is 8.22. The van der Waals surface area contributed by atoms with E-state index >= 15 is 0 Å². The lowest BCUT2D eigenvalue weighted by atomic mass is 9.90. The molecule has 0 fully saturated rings. The van der Waals surface area contributed by atoms with Gasteiger partial charge in [0, 0.05) is 20.3 Å². The van der Waals surface area contributed by atoms with Gasteiger partial charge in [-0.05, 0) is 25.7 Å². The summed E-state index contributed by atoms with van der Waals surface area (Å²) in [7, 11) is 0.984. The van der Waals surface area contributed by atoms with Crippen molar-refractivity contribution in [3.63, 3.8) is 0 Å². The zero-order chi connectivity index (χ0) is 14.8. The van der Waals surface area contributed by atoms with Gasteiger partial charge >= 0.3 is 8.80 Å². The third-order valence-corrected chi connectivity index (χ3v) is 6.84. The average Bonchev–Trinajstić information content (AvgIpc) is 2.44. The van der Waals surface area contributed by atoms with Crippen molar-refractivity contribution < 1.29 is 13.3 Å². The zero-order valence-electron chi connectivity index (χ0n) is 13.9. The van der Waals surface area contributed by atoms with Gasteiger partial charge in [-0.15, -0.1) is 0 Å². The fraction of sp³-hybridized carbons (Fsp3) is 1.00. The summed E-state index contributed by atoms with van der Waals surface area (Å²) in [6.45, 7) is 8.85. The molecule has 0 atom stereocenters. The Kier molecular flexibility index (Phi) is 9.97. The molecule has 4 heteroatoms. The summed E-state index contributed by atoms with van der Waals surface area (Å²) < 4.78 is 18.0. The molecule has 0 aromatic heterocycles. The van der Waals surface area contributed by atoms with Gasteiger partial charge in [0.25, 0.3) is 0 Å².